The van der Waals surface area contributed by atoms with Gasteiger partial charge in [0.25, 0.3) is 0 Å². The lowest BCUT2D eigenvalue weighted by Gasteiger charge is -2.33. The van der Waals surface area contributed by atoms with E-state index < -0.39 is 65.3 Å². The first-order valence-corrected chi connectivity index (χ1v) is 12.5. The van der Waals surface area contributed by atoms with E-state index in [4.69, 9.17) is 4.74 Å². The molecule has 4 atom stereocenters. The third kappa shape index (κ3) is 5.97. The van der Waals surface area contributed by atoms with Gasteiger partial charge >= 0.3 is 12.4 Å². The molecule has 1 fully saturated rings. The number of hydrogen-bond donors (Lipinski definition) is 0. The average molecular weight is 582 g/mol. The van der Waals surface area contributed by atoms with Crippen LogP contribution in [0.4, 0.5) is 35.1 Å². The molecule has 1 saturated heterocycles. The monoisotopic (exact) mass is 582 g/mol. The Bertz CT molecular complexity index is 1450. The van der Waals surface area contributed by atoms with E-state index in [-0.39, 0.29) is 24.6 Å². The van der Waals surface area contributed by atoms with Gasteiger partial charge in [0.15, 0.2) is 0 Å². The van der Waals surface area contributed by atoms with Crippen molar-refractivity contribution in [2.24, 2.45) is 0 Å². The molecule has 12 heteroatoms. The minimum absolute atomic E-state index is 0.0184. The number of halogens is 8. The number of nitrogens with zero attached hydrogens (tertiary/aromatic N) is 2. The van der Waals surface area contributed by atoms with Crippen molar-refractivity contribution < 1.29 is 44.7 Å². The van der Waals surface area contributed by atoms with E-state index in [1.807, 2.05) is 0 Å². The summed E-state index contributed by atoms with van der Waals surface area (Å²) in [5, 5.41) is 0. The van der Waals surface area contributed by atoms with E-state index in [0.717, 1.165) is 0 Å². The standard InChI is InChI=1S/C29H22F8N2O2/c1-15(18-8-20(28(32,33)34)13-21(9-18)29(35,36)37)41-24-14-39-23(27(24)16-2-4-22(30)5-3-16)10-19(12-26(39)40)17-6-7-38-25(31)11-17/h2-9,11-13,15,23-24,27H,10,14H2,1H3/t15-,23?,24?,27+/m1/s1. The second kappa shape index (κ2) is 10.6. The average Bonchev–Trinajstić information content (AvgIpc) is 3.26. The number of pyridine rings is 1. The van der Waals surface area contributed by atoms with Crippen molar-refractivity contribution in [3.8, 4) is 0 Å². The van der Waals surface area contributed by atoms with E-state index in [1.165, 1.54) is 54.4 Å². The van der Waals surface area contributed by atoms with Crippen molar-refractivity contribution in [1.29, 1.82) is 0 Å². The summed E-state index contributed by atoms with van der Waals surface area (Å²) in [6.07, 6.45) is -9.30. The van der Waals surface area contributed by atoms with Crippen molar-refractivity contribution in [1.82, 2.24) is 9.88 Å². The lowest BCUT2D eigenvalue weighted by atomic mass is 9.83. The van der Waals surface area contributed by atoms with Crippen molar-refractivity contribution in [3.05, 3.63) is 106 Å². The molecule has 216 valence electrons. The first kappa shape index (κ1) is 28.7. The SMILES string of the molecule is C[C@@H](OC1CN2C(=O)C=C(c3ccnc(F)c3)CC2[C@@H]1c1ccc(F)cc1)c1cc(C(F)(F)F)cc(C(F)(F)F)c1. The minimum atomic E-state index is -5.03. The van der Waals surface area contributed by atoms with Gasteiger partial charge in [-0.3, -0.25) is 4.79 Å². The summed E-state index contributed by atoms with van der Waals surface area (Å²) >= 11 is 0. The normalized spacial score (nSPS) is 22.0. The van der Waals surface area contributed by atoms with E-state index in [1.54, 1.807) is 6.07 Å². The molecule has 0 saturated carbocycles. The van der Waals surface area contributed by atoms with Crippen LogP contribution in [0.3, 0.4) is 0 Å². The molecule has 0 spiro atoms. The molecule has 2 aromatic carbocycles. The fraction of sp³-hybridized carbons (Fsp3) is 0.310. The largest absolute Gasteiger partial charge is 0.416 e. The maximum absolute atomic E-state index is 13.8. The van der Waals surface area contributed by atoms with Crippen LogP contribution in [0.1, 0.15) is 53.2 Å². The summed E-state index contributed by atoms with van der Waals surface area (Å²) in [6, 6.07) is 8.82. The summed E-state index contributed by atoms with van der Waals surface area (Å²) < 4.78 is 114. The molecule has 1 aromatic heterocycles. The molecule has 41 heavy (non-hydrogen) atoms. The lowest BCUT2D eigenvalue weighted by molar-refractivity contribution is -0.143. The van der Waals surface area contributed by atoms with Crippen LogP contribution in [-0.2, 0) is 21.9 Å². The van der Waals surface area contributed by atoms with Gasteiger partial charge in [-0.2, -0.15) is 30.7 Å². The zero-order valence-corrected chi connectivity index (χ0v) is 21.3. The van der Waals surface area contributed by atoms with Gasteiger partial charge in [-0.05, 0) is 72.0 Å². The van der Waals surface area contributed by atoms with Crippen LogP contribution in [0.15, 0.2) is 66.9 Å². The second-order valence-corrected chi connectivity index (χ2v) is 10.0. The number of benzene rings is 2. The van der Waals surface area contributed by atoms with E-state index >= 15 is 0 Å². The Morgan fingerprint density at radius 2 is 1.56 bits per heavy atom. The Morgan fingerprint density at radius 1 is 0.927 bits per heavy atom. The predicted molar refractivity (Wildman–Crippen MR) is 131 cm³/mol. The number of fused-ring (bicyclic) bond motifs is 1. The maximum Gasteiger partial charge on any atom is 0.416 e. The smallest absolute Gasteiger partial charge is 0.368 e. The van der Waals surface area contributed by atoms with Crippen molar-refractivity contribution >= 4 is 11.5 Å². The van der Waals surface area contributed by atoms with Crippen LogP contribution in [0, 0.1) is 11.8 Å². The highest BCUT2D eigenvalue weighted by molar-refractivity contribution is 5.97. The molecule has 0 aliphatic carbocycles. The Balaban J connectivity index is 1.50. The second-order valence-electron chi connectivity index (χ2n) is 10.0. The number of rotatable bonds is 5. The Labute approximate surface area is 229 Å². The zero-order chi connectivity index (χ0) is 29.7. The van der Waals surface area contributed by atoms with Crippen molar-refractivity contribution in [3.63, 3.8) is 0 Å². The summed E-state index contributed by atoms with van der Waals surface area (Å²) in [7, 11) is 0. The molecular formula is C29H22F8N2O2. The molecule has 4 nitrogen and oxygen atoms in total. The van der Waals surface area contributed by atoms with E-state index in [2.05, 4.69) is 4.98 Å². The van der Waals surface area contributed by atoms with Crippen LogP contribution in [0.5, 0.6) is 0 Å². The summed E-state index contributed by atoms with van der Waals surface area (Å²) in [6.45, 7) is 1.31. The number of amides is 1. The van der Waals surface area contributed by atoms with Crippen LogP contribution >= 0.6 is 0 Å². The minimum Gasteiger partial charge on any atom is -0.368 e. The van der Waals surface area contributed by atoms with Gasteiger partial charge in [-0.1, -0.05) is 12.1 Å². The number of ether oxygens (including phenoxy) is 1. The molecule has 3 heterocycles. The van der Waals surface area contributed by atoms with Gasteiger partial charge in [0.1, 0.15) is 5.82 Å². The number of aromatic nitrogens is 1. The molecule has 0 radical (unpaired) electrons. The topological polar surface area (TPSA) is 42.4 Å². The van der Waals surface area contributed by atoms with Crippen LogP contribution in [0.2, 0.25) is 0 Å². The third-order valence-electron chi connectivity index (χ3n) is 7.41. The van der Waals surface area contributed by atoms with E-state index in [0.29, 0.717) is 28.8 Å². The van der Waals surface area contributed by atoms with Crippen LogP contribution < -0.4 is 0 Å². The molecule has 3 aromatic rings. The Kier molecular flexibility index (Phi) is 7.39. The van der Waals surface area contributed by atoms with Gasteiger partial charge in [-0.25, -0.2) is 9.37 Å². The zero-order valence-electron chi connectivity index (χ0n) is 21.3. The van der Waals surface area contributed by atoms with Gasteiger partial charge in [0.2, 0.25) is 11.9 Å². The van der Waals surface area contributed by atoms with E-state index in [9.17, 15) is 39.9 Å². The van der Waals surface area contributed by atoms with Crippen LogP contribution in [0.25, 0.3) is 5.57 Å². The quantitative estimate of drug-likeness (QED) is 0.234. The van der Waals surface area contributed by atoms with Gasteiger partial charge < -0.3 is 9.64 Å². The molecule has 2 aliphatic rings. The fourth-order valence-electron chi connectivity index (χ4n) is 5.50. The summed E-state index contributed by atoms with van der Waals surface area (Å²) in [4.78, 5) is 18.2. The third-order valence-corrected chi connectivity index (χ3v) is 7.41. The molecule has 2 aliphatic heterocycles. The Morgan fingerprint density at radius 3 is 2.15 bits per heavy atom. The molecule has 2 unspecified atom stereocenters. The molecule has 5 rings (SSSR count). The fourth-order valence-corrected chi connectivity index (χ4v) is 5.50. The Hall–Kier alpha value is -3.80. The summed E-state index contributed by atoms with van der Waals surface area (Å²) in [5.41, 5.74) is -1.76. The molecule has 0 bridgehead atoms. The van der Waals surface area contributed by atoms with Gasteiger partial charge in [-0.15, -0.1) is 0 Å². The molecule has 1 amide bonds. The number of hydrogen-bond acceptors (Lipinski definition) is 3. The van der Waals surface area contributed by atoms with Crippen LogP contribution in [-0.4, -0.2) is 34.5 Å². The summed E-state index contributed by atoms with van der Waals surface area (Å²) in [5.74, 6) is -2.30. The highest BCUT2D eigenvalue weighted by atomic mass is 19.4. The first-order chi connectivity index (χ1) is 19.2. The number of alkyl halides is 6. The van der Waals surface area contributed by atoms with Crippen molar-refractivity contribution in [2.45, 2.75) is 49.9 Å². The lowest BCUT2D eigenvalue weighted by Crippen LogP contribution is -2.39. The van der Waals surface area contributed by atoms with Crippen molar-refractivity contribution in [2.75, 3.05) is 6.54 Å². The molecule has 0 N–H and O–H groups in total. The molecular weight excluding hydrogens is 560 g/mol. The maximum atomic E-state index is 13.8. The first-order valence-electron chi connectivity index (χ1n) is 12.5. The highest BCUT2D eigenvalue weighted by Gasteiger charge is 2.48. The van der Waals surface area contributed by atoms with Gasteiger partial charge in [0.05, 0.1) is 23.3 Å². The number of carbonyl (C=O) groups is 1. The highest BCUT2D eigenvalue weighted by Crippen LogP contribution is 2.45. The predicted octanol–water partition coefficient (Wildman–Crippen LogP) is 7.33. The number of carbonyl (C=O) groups excluding carboxylic acids is 1. The van der Waals surface area contributed by atoms with Gasteiger partial charge in [0, 0.05) is 36.8 Å².